The number of amides is 1. The first-order valence-electron chi connectivity index (χ1n) is 7.05. The van der Waals surface area contributed by atoms with Crippen LogP contribution in [0.5, 0.6) is 0 Å². The van der Waals surface area contributed by atoms with Crippen molar-refractivity contribution in [3.8, 4) is 0 Å². The molecule has 1 aromatic carbocycles. The van der Waals surface area contributed by atoms with Crippen LogP contribution in [0.4, 0.5) is 5.13 Å². The smallest absolute Gasteiger partial charge is 0.226 e. The van der Waals surface area contributed by atoms with Crippen molar-refractivity contribution >= 4 is 32.6 Å². The van der Waals surface area contributed by atoms with Crippen LogP contribution in [-0.2, 0) is 4.79 Å². The lowest BCUT2D eigenvalue weighted by atomic mass is 10.00. The van der Waals surface area contributed by atoms with Crippen LogP contribution in [-0.4, -0.2) is 16.9 Å². The fourth-order valence-electron chi connectivity index (χ4n) is 2.87. The normalized spacial score (nSPS) is 22.3. The molecule has 1 aromatic heterocycles. The fourth-order valence-corrected chi connectivity index (χ4v) is 3.83. The maximum Gasteiger partial charge on any atom is 0.226 e. The zero-order valence-electron chi connectivity index (χ0n) is 11.6. The van der Waals surface area contributed by atoms with Gasteiger partial charge in [0, 0.05) is 12.5 Å². The lowest BCUT2D eigenvalue weighted by Crippen LogP contribution is -2.28. The van der Waals surface area contributed by atoms with Gasteiger partial charge in [-0.1, -0.05) is 29.9 Å². The number of carbonyl (C=O) groups is 1. The topological polar surface area (TPSA) is 68.0 Å². The predicted octanol–water partition coefficient (Wildman–Crippen LogP) is 3.06. The first kappa shape index (κ1) is 13.5. The molecule has 4 nitrogen and oxygen atoms in total. The number of anilines is 1. The van der Waals surface area contributed by atoms with Crippen molar-refractivity contribution in [1.29, 1.82) is 0 Å². The van der Waals surface area contributed by atoms with Gasteiger partial charge in [-0.25, -0.2) is 4.98 Å². The predicted molar refractivity (Wildman–Crippen MR) is 82.9 cm³/mol. The maximum absolute atomic E-state index is 12.1. The van der Waals surface area contributed by atoms with Crippen LogP contribution in [0.1, 0.15) is 31.2 Å². The molecule has 2 atom stereocenters. The first-order chi connectivity index (χ1) is 9.63. The molecule has 1 heterocycles. The number of aromatic nitrogens is 1. The third kappa shape index (κ3) is 2.69. The number of nitrogens with one attached hydrogen (secondary N) is 1. The highest BCUT2D eigenvalue weighted by atomic mass is 32.1. The van der Waals surface area contributed by atoms with Gasteiger partial charge in [0.25, 0.3) is 0 Å². The number of carbonyl (C=O) groups excluding carboxylic acids is 1. The van der Waals surface area contributed by atoms with E-state index in [0.717, 1.165) is 35.0 Å². The van der Waals surface area contributed by atoms with Crippen molar-refractivity contribution in [3.05, 3.63) is 23.8 Å². The summed E-state index contributed by atoms with van der Waals surface area (Å²) in [6.45, 7) is 2.03. The van der Waals surface area contributed by atoms with Crippen LogP contribution in [0, 0.1) is 12.8 Å². The molecule has 5 heteroatoms. The maximum atomic E-state index is 12.1. The van der Waals surface area contributed by atoms with E-state index in [2.05, 4.69) is 10.3 Å². The Labute approximate surface area is 122 Å². The van der Waals surface area contributed by atoms with Gasteiger partial charge in [0.05, 0.1) is 10.2 Å². The molecule has 1 saturated carbocycles. The second-order valence-corrected chi connectivity index (χ2v) is 6.58. The lowest BCUT2D eigenvalue weighted by molar-refractivity contribution is -0.117. The molecule has 0 saturated heterocycles. The van der Waals surface area contributed by atoms with Crippen molar-refractivity contribution in [2.24, 2.45) is 11.7 Å². The van der Waals surface area contributed by atoms with Crippen molar-refractivity contribution in [2.45, 2.75) is 38.6 Å². The summed E-state index contributed by atoms with van der Waals surface area (Å²) < 4.78 is 1.11. The summed E-state index contributed by atoms with van der Waals surface area (Å²) in [6, 6.07) is 6.26. The number of nitrogens with two attached hydrogens (primary N) is 1. The number of rotatable bonds is 3. The molecule has 1 fully saturated rings. The summed E-state index contributed by atoms with van der Waals surface area (Å²) in [4.78, 5) is 16.6. The van der Waals surface area contributed by atoms with E-state index >= 15 is 0 Å². The molecule has 106 valence electrons. The third-order valence-electron chi connectivity index (χ3n) is 4.03. The number of para-hydroxylation sites is 1. The molecule has 1 amide bonds. The Morgan fingerprint density at radius 2 is 2.35 bits per heavy atom. The summed E-state index contributed by atoms with van der Waals surface area (Å²) in [5, 5.41) is 3.60. The lowest BCUT2D eigenvalue weighted by Gasteiger charge is -2.13. The molecule has 0 spiro atoms. The minimum Gasteiger partial charge on any atom is -0.327 e. The van der Waals surface area contributed by atoms with E-state index in [1.807, 2.05) is 25.1 Å². The van der Waals surface area contributed by atoms with Crippen LogP contribution in [0.25, 0.3) is 10.2 Å². The number of thiazole rings is 1. The third-order valence-corrected chi connectivity index (χ3v) is 4.97. The van der Waals surface area contributed by atoms with Gasteiger partial charge in [-0.2, -0.15) is 0 Å². The van der Waals surface area contributed by atoms with Crippen LogP contribution in [0.3, 0.4) is 0 Å². The second-order valence-electron chi connectivity index (χ2n) is 5.55. The average molecular weight is 289 g/mol. The van der Waals surface area contributed by atoms with Crippen LogP contribution < -0.4 is 11.1 Å². The van der Waals surface area contributed by atoms with Crippen LogP contribution in [0.2, 0.25) is 0 Å². The molecule has 0 bridgehead atoms. The SMILES string of the molecule is Cc1cccc2sc(NC(=O)C[C@@H]3CCC[C@H]3N)nc12. The quantitative estimate of drug-likeness (QED) is 0.912. The Kier molecular flexibility index (Phi) is 3.72. The summed E-state index contributed by atoms with van der Waals surface area (Å²) in [5.41, 5.74) is 8.12. The van der Waals surface area contributed by atoms with Gasteiger partial charge in [0.2, 0.25) is 5.91 Å². The van der Waals surface area contributed by atoms with E-state index < -0.39 is 0 Å². The van der Waals surface area contributed by atoms with E-state index in [-0.39, 0.29) is 11.9 Å². The zero-order valence-corrected chi connectivity index (χ0v) is 12.4. The summed E-state index contributed by atoms with van der Waals surface area (Å²) in [6.07, 6.45) is 3.75. The molecule has 3 N–H and O–H groups in total. The molecule has 3 rings (SSSR count). The largest absolute Gasteiger partial charge is 0.327 e. The Morgan fingerprint density at radius 1 is 1.50 bits per heavy atom. The number of hydrogen-bond donors (Lipinski definition) is 2. The average Bonchev–Trinajstić information content (AvgIpc) is 2.97. The van der Waals surface area contributed by atoms with E-state index in [1.54, 1.807) is 0 Å². The van der Waals surface area contributed by atoms with Gasteiger partial charge >= 0.3 is 0 Å². The number of hydrogen-bond acceptors (Lipinski definition) is 4. The Balaban J connectivity index is 1.69. The number of aryl methyl sites for hydroxylation is 1. The molecule has 20 heavy (non-hydrogen) atoms. The van der Waals surface area contributed by atoms with Gasteiger partial charge in [0.15, 0.2) is 5.13 Å². The minimum atomic E-state index is 0.0315. The van der Waals surface area contributed by atoms with Gasteiger partial charge in [-0.3, -0.25) is 4.79 Å². The van der Waals surface area contributed by atoms with Crippen LogP contribution in [0.15, 0.2) is 18.2 Å². The van der Waals surface area contributed by atoms with Crippen molar-refractivity contribution in [2.75, 3.05) is 5.32 Å². The molecule has 0 unspecified atom stereocenters. The highest BCUT2D eigenvalue weighted by Crippen LogP contribution is 2.30. The number of nitrogens with zero attached hydrogens (tertiary/aromatic N) is 1. The Bertz CT molecular complexity index is 637. The monoisotopic (exact) mass is 289 g/mol. The zero-order chi connectivity index (χ0) is 14.1. The van der Waals surface area contributed by atoms with E-state index in [9.17, 15) is 4.79 Å². The number of benzene rings is 1. The van der Waals surface area contributed by atoms with Crippen molar-refractivity contribution in [1.82, 2.24) is 4.98 Å². The molecular formula is C15H19N3OS. The molecular weight excluding hydrogens is 270 g/mol. The van der Waals surface area contributed by atoms with E-state index in [1.165, 1.54) is 11.3 Å². The Hall–Kier alpha value is -1.46. The van der Waals surface area contributed by atoms with E-state index in [4.69, 9.17) is 5.73 Å². The minimum absolute atomic E-state index is 0.0315. The van der Waals surface area contributed by atoms with Crippen molar-refractivity contribution in [3.63, 3.8) is 0 Å². The van der Waals surface area contributed by atoms with Crippen LogP contribution >= 0.6 is 11.3 Å². The van der Waals surface area contributed by atoms with Gasteiger partial charge in [-0.05, 0) is 37.3 Å². The Morgan fingerprint density at radius 3 is 3.05 bits per heavy atom. The number of fused-ring (bicyclic) bond motifs is 1. The molecule has 1 aliphatic carbocycles. The first-order valence-corrected chi connectivity index (χ1v) is 7.87. The van der Waals surface area contributed by atoms with E-state index in [0.29, 0.717) is 17.5 Å². The molecule has 0 radical (unpaired) electrons. The molecule has 2 aromatic rings. The van der Waals surface area contributed by atoms with Crippen molar-refractivity contribution < 1.29 is 4.79 Å². The standard InChI is InChI=1S/C15H19N3OS/c1-9-4-2-7-12-14(9)18-15(20-12)17-13(19)8-10-5-3-6-11(10)16/h2,4,7,10-11H,3,5-6,8,16H2,1H3,(H,17,18,19)/t10-,11+/m0/s1. The highest BCUT2D eigenvalue weighted by molar-refractivity contribution is 7.22. The van der Waals surface area contributed by atoms with Gasteiger partial charge in [0.1, 0.15) is 0 Å². The van der Waals surface area contributed by atoms with Gasteiger partial charge in [-0.15, -0.1) is 0 Å². The van der Waals surface area contributed by atoms with Gasteiger partial charge < -0.3 is 11.1 Å². The summed E-state index contributed by atoms with van der Waals surface area (Å²) in [5.74, 6) is 0.357. The molecule has 0 aliphatic heterocycles. The molecule has 1 aliphatic rings. The second kappa shape index (κ2) is 5.50. The summed E-state index contributed by atoms with van der Waals surface area (Å²) >= 11 is 1.52. The fraction of sp³-hybridized carbons (Fsp3) is 0.467. The summed E-state index contributed by atoms with van der Waals surface area (Å²) in [7, 11) is 0. The highest BCUT2D eigenvalue weighted by Gasteiger charge is 2.26.